The van der Waals surface area contributed by atoms with Crippen LogP contribution in [0.1, 0.15) is 34.2 Å². The lowest BCUT2D eigenvalue weighted by molar-refractivity contribution is -0.123. The van der Waals surface area contributed by atoms with Gasteiger partial charge in [0, 0.05) is 23.0 Å². The smallest absolute Gasteiger partial charge is 0.340 e. The van der Waals surface area contributed by atoms with Crippen molar-refractivity contribution >= 4 is 29.2 Å². The molecule has 3 rings (SSSR count). The lowest BCUT2D eigenvalue weighted by atomic mass is 10.2. The van der Waals surface area contributed by atoms with Crippen LogP contribution in [0.25, 0.3) is 5.82 Å². The minimum absolute atomic E-state index is 0.227. The molecule has 8 nitrogen and oxygen atoms in total. The Balaban J connectivity index is 1.67. The summed E-state index contributed by atoms with van der Waals surface area (Å²) < 4.78 is 12.2. The predicted molar refractivity (Wildman–Crippen MR) is 117 cm³/mol. The van der Waals surface area contributed by atoms with E-state index >= 15 is 0 Å². The number of amides is 1. The molecule has 0 fully saturated rings. The molecule has 0 saturated heterocycles. The van der Waals surface area contributed by atoms with Gasteiger partial charge in [0.2, 0.25) is 0 Å². The van der Waals surface area contributed by atoms with Gasteiger partial charge in [0.05, 0.1) is 24.1 Å². The Labute approximate surface area is 185 Å². The highest BCUT2D eigenvalue weighted by molar-refractivity contribution is 6.31. The molecule has 1 unspecified atom stereocenters. The van der Waals surface area contributed by atoms with E-state index in [0.717, 1.165) is 17.0 Å². The summed E-state index contributed by atoms with van der Waals surface area (Å²) in [7, 11) is 1.48. The molecule has 1 atom stereocenters. The predicted octanol–water partition coefficient (Wildman–Crippen LogP) is 4.04. The van der Waals surface area contributed by atoms with Crippen LogP contribution in [-0.4, -0.2) is 39.9 Å². The van der Waals surface area contributed by atoms with Crippen LogP contribution >= 0.6 is 11.6 Å². The first-order chi connectivity index (χ1) is 14.7. The van der Waals surface area contributed by atoms with Gasteiger partial charge in [0.15, 0.2) is 11.9 Å². The molecule has 1 N–H and O–H groups in total. The number of carbonyl (C=O) groups excluding carboxylic acids is 2. The van der Waals surface area contributed by atoms with E-state index in [0.29, 0.717) is 22.3 Å². The van der Waals surface area contributed by atoms with Crippen molar-refractivity contribution < 1.29 is 19.1 Å². The topological polar surface area (TPSA) is 95.3 Å². The number of aromatic nitrogens is 3. The third kappa shape index (κ3) is 5.03. The van der Waals surface area contributed by atoms with Gasteiger partial charge in [-0.15, -0.1) is 0 Å². The largest absolute Gasteiger partial charge is 0.495 e. The first-order valence-corrected chi connectivity index (χ1v) is 9.93. The van der Waals surface area contributed by atoms with Crippen LogP contribution in [0.15, 0.2) is 36.5 Å². The fourth-order valence-corrected chi connectivity index (χ4v) is 3.09. The number of benzene rings is 1. The van der Waals surface area contributed by atoms with Crippen molar-refractivity contribution in [2.45, 2.75) is 33.8 Å². The molecule has 0 aliphatic rings. The second-order valence-electron chi connectivity index (χ2n) is 7.08. The number of rotatable bonds is 6. The minimum Gasteiger partial charge on any atom is -0.495 e. The van der Waals surface area contributed by atoms with Crippen molar-refractivity contribution in [3.63, 3.8) is 0 Å². The van der Waals surface area contributed by atoms with Crippen molar-refractivity contribution in [1.29, 1.82) is 0 Å². The normalized spacial score (nSPS) is 11.7. The Morgan fingerprint density at radius 2 is 1.90 bits per heavy atom. The Morgan fingerprint density at radius 3 is 2.48 bits per heavy atom. The number of pyridine rings is 1. The number of halogens is 1. The minimum atomic E-state index is -1.04. The van der Waals surface area contributed by atoms with Crippen LogP contribution in [0.3, 0.4) is 0 Å². The second kappa shape index (κ2) is 9.18. The lowest BCUT2D eigenvalue weighted by Crippen LogP contribution is -2.30. The molecule has 0 bridgehead atoms. The second-order valence-corrected chi connectivity index (χ2v) is 7.49. The van der Waals surface area contributed by atoms with E-state index in [1.807, 2.05) is 26.8 Å². The van der Waals surface area contributed by atoms with Gasteiger partial charge in [-0.1, -0.05) is 11.6 Å². The van der Waals surface area contributed by atoms with Crippen molar-refractivity contribution in [2.75, 3.05) is 12.4 Å². The maximum absolute atomic E-state index is 12.5. The number of nitrogens with one attached hydrogen (secondary N) is 1. The van der Waals surface area contributed by atoms with Crippen LogP contribution in [0, 0.1) is 20.8 Å². The highest BCUT2D eigenvalue weighted by Crippen LogP contribution is 2.31. The first-order valence-electron chi connectivity index (χ1n) is 9.55. The molecule has 0 radical (unpaired) electrons. The number of anilines is 1. The molecule has 0 saturated carbocycles. The van der Waals surface area contributed by atoms with Crippen LogP contribution in [-0.2, 0) is 9.53 Å². The van der Waals surface area contributed by atoms with Crippen LogP contribution in [0.5, 0.6) is 5.75 Å². The Morgan fingerprint density at radius 1 is 1.16 bits per heavy atom. The van der Waals surface area contributed by atoms with Crippen molar-refractivity contribution in [3.8, 4) is 11.6 Å². The monoisotopic (exact) mass is 442 g/mol. The number of nitrogens with zero attached hydrogens (tertiary/aromatic N) is 3. The van der Waals surface area contributed by atoms with Crippen LogP contribution in [0.4, 0.5) is 5.69 Å². The van der Waals surface area contributed by atoms with Gasteiger partial charge in [0.1, 0.15) is 5.75 Å². The molecule has 2 aromatic heterocycles. The Bertz CT molecular complexity index is 1130. The van der Waals surface area contributed by atoms with Crippen molar-refractivity contribution in [1.82, 2.24) is 14.8 Å². The van der Waals surface area contributed by atoms with Gasteiger partial charge in [-0.2, -0.15) is 5.10 Å². The summed E-state index contributed by atoms with van der Waals surface area (Å²) in [4.78, 5) is 29.2. The zero-order valence-corrected chi connectivity index (χ0v) is 18.6. The molecule has 0 aliphatic carbocycles. The van der Waals surface area contributed by atoms with E-state index in [4.69, 9.17) is 21.1 Å². The van der Waals surface area contributed by atoms with E-state index < -0.39 is 18.0 Å². The average molecular weight is 443 g/mol. The summed E-state index contributed by atoms with van der Waals surface area (Å²) in [5.41, 5.74) is 3.24. The molecular weight excluding hydrogens is 420 g/mol. The number of aryl methyl sites for hydroxylation is 3. The Kier molecular flexibility index (Phi) is 6.60. The molecule has 1 aromatic carbocycles. The molecule has 2 heterocycles. The van der Waals surface area contributed by atoms with Gasteiger partial charge in [-0.05, 0) is 57.5 Å². The summed E-state index contributed by atoms with van der Waals surface area (Å²) in [5.74, 6) is -0.167. The third-order valence-corrected chi connectivity index (χ3v) is 5.01. The number of ether oxygens (including phenoxy) is 2. The number of carbonyl (C=O) groups is 2. The van der Waals surface area contributed by atoms with E-state index in [9.17, 15) is 9.59 Å². The maximum atomic E-state index is 12.5. The van der Waals surface area contributed by atoms with E-state index in [1.54, 1.807) is 28.9 Å². The van der Waals surface area contributed by atoms with Crippen molar-refractivity contribution in [3.05, 3.63) is 64.1 Å². The zero-order valence-electron chi connectivity index (χ0n) is 17.9. The zero-order chi connectivity index (χ0) is 22.7. The summed E-state index contributed by atoms with van der Waals surface area (Å²) in [5, 5.41) is 7.58. The summed E-state index contributed by atoms with van der Waals surface area (Å²) in [6.07, 6.45) is 0.355. The number of hydrogen-bond acceptors (Lipinski definition) is 6. The van der Waals surface area contributed by atoms with Gasteiger partial charge < -0.3 is 14.8 Å². The highest BCUT2D eigenvalue weighted by Gasteiger charge is 2.21. The van der Waals surface area contributed by atoms with E-state index in [1.165, 1.54) is 20.2 Å². The van der Waals surface area contributed by atoms with Gasteiger partial charge in [-0.3, -0.25) is 4.79 Å². The summed E-state index contributed by atoms with van der Waals surface area (Å²) in [6, 6.07) is 8.48. The number of methoxy groups -OCH3 is 1. The molecule has 31 heavy (non-hydrogen) atoms. The molecule has 0 spiro atoms. The molecule has 9 heteroatoms. The van der Waals surface area contributed by atoms with Gasteiger partial charge in [-0.25, -0.2) is 14.5 Å². The number of hydrogen-bond donors (Lipinski definition) is 1. The standard InChI is InChI=1S/C22H23ClN4O4/c1-12-8-18(19(30-5)10-17(12)23)25-21(28)15(4)31-22(29)16-6-7-20(24-11-16)27-14(3)9-13(2)26-27/h6-11,15H,1-5H3,(H,25,28). The molecular formula is C22H23ClN4O4. The van der Waals surface area contributed by atoms with Gasteiger partial charge >= 0.3 is 5.97 Å². The maximum Gasteiger partial charge on any atom is 0.340 e. The quantitative estimate of drug-likeness (QED) is 0.579. The highest BCUT2D eigenvalue weighted by atomic mass is 35.5. The third-order valence-electron chi connectivity index (χ3n) is 4.60. The average Bonchev–Trinajstić information content (AvgIpc) is 3.08. The molecule has 0 aliphatic heterocycles. The molecule has 3 aromatic rings. The van der Waals surface area contributed by atoms with E-state index in [2.05, 4.69) is 15.4 Å². The van der Waals surface area contributed by atoms with E-state index in [-0.39, 0.29) is 5.56 Å². The molecule has 1 amide bonds. The Hall–Kier alpha value is -3.39. The van der Waals surface area contributed by atoms with Gasteiger partial charge in [0.25, 0.3) is 5.91 Å². The fourth-order valence-electron chi connectivity index (χ4n) is 2.94. The fraction of sp³-hybridized carbons (Fsp3) is 0.273. The number of esters is 1. The SMILES string of the molecule is COc1cc(Cl)c(C)cc1NC(=O)C(C)OC(=O)c1ccc(-n2nc(C)cc2C)nc1. The first kappa shape index (κ1) is 22.3. The van der Waals surface area contributed by atoms with Crippen LogP contribution < -0.4 is 10.1 Å². The van der Waals surface area contributed by atoms with Crippen LogP contribution in [0.2, 0.25) is 5.02 Å². The summed E-state index contributed by atoms with van der Waals surface area (Å²) in [6.45, 7) is 7.10. The summed E-state index contributed by atoms with van der Waals surface area (Å²) >= 11 is 6.09. The van der Waals surface area contributed by atoms with Crippen molar-refractivity contribution in [2.24, 2.45) is 0 Å². The lowest BCUT2D eigenvalue weighted by Gasteiger charge is -2.16. The molecule has 162 valence electrons.